The number of esters is 2. The van der Waals surface area contributed by atoms with Gasteiger partial charge in [0, 0.05) is 13.0 Å². The predicted octanol–water partition coefficient (Wildman–Crippen LogP) is 12.4. The monoisotopic (exact) mass is 710 g/mol. The second-order valence-corrected chi connectivity index (χ2v) is 15.4. The third-order valence-electron chi connectivity index (χ3n) is 10.4. The molecule has 0 bridgehead atoms. The van der Waals surface area contributed by atoms with Gasteiger partial charge in [-0.05, 0) is 83.3 Å². The van der Waals surface area contributed by atoms with Crippen molar-refractivity contribution in [1.82, 2.24) is 4.90 Å². The fourth-order valence-corrected chi connectivity index (χ4v) is 6.98. The minimum Gasteiger partial charge on any atom is -0.466 e. The summed E-state index contributed by atoms with van der Waals surface area (Å²) in [4.78, 5) is 27.1. The van der Waals surface area contributed by atoms with Crippen LogP contribution in [0.1, 0.15) is 220 Å². The van der Waals surface area contributed by atoms with Crippen molar-refractivity contribution in [3.05, 3.63) is 0 Å². The number of rotatable bonds is 40. The van der Waals surface area contributed by atoms with E-state index < -0.39 is 0 Å². The first-order chi connectivity index (χ1) is 24.5. The molecule has 298 valence electrons. The van der Waals surface area contributed by atoms with Crippen LogP contribution < -0.4 is 0 Å². The van der Waals surface area contributed by atoms with Crippen molar-refractivity contribution in [2.75, 3.05) is 39.5 Å². The number of aliphatic hydroxyl groups excluding tert-OH is 1. The maximum absolute atomic E-state index is 12.6. The molecule has 50 heavy (non-hydrogen) atoms. The SMILES string of the molecule is CCCCCCCCCC(=O)OCCCCCCCN(CCCCO)CCCCCCC(C)C(=O)OCCCC(CCCCC)CCCCC. The molecule has 0 aliphatic heterocycles. The van der Waals surface area contributed by atoms with Gasteiger partial charge in [-0.2, -0.15) is 0 Å². The van der Waals surface area contributed by atoms with E-state index in [0.29, 0.717) is 19.6 Å². The molecule has 0 fully saturated rings. The summed E-state index contributed by atoms with van der Waals surface area (Å²) in [5.41, 5.74) is 0. The van der Waals surface area contributed by atoms with E-state index in [4.69, 9.17) is 9.47 Å². The van der Waals surface area contributed by atoms with Crippen LogP contribution in [0.25, 0.3) is 0 Å². The molecule has 0 heterocycles. The van der Waals surface area contributed by atoms with Crippen LogP contribution in [0.3, 0.4) is 0 Å². The summed E-state index contributed by atoms with van der Waals surface area (Å²) < 4.78 is 11.1. The largest absolute Gasteiger partial charge is 0.466 e. The minimum atomic E-state index is -0.0193. The van der Waals surface area contributed by atoms with Gasteiger partial charge in [0.05, 0.1) is 19.1 Å². The van der Waals surface area contributed by atoms with Crippen LogP contribution in [-0.2, 0) is 19.1 Å². The zero-order chi connectivity index (χ0) is 36.8. The molecular formula is C44H87NO5. The summed E-state index contributed by atoms with van der Waals surface area (Å²) in [6.07, 6.45) is 35.2. The number of ether oxygens (including phenoxy) is 2. The van der Waals surface area contributed by atoms with Crippen molar-refractivity contribution in [3.63, 3.8) is 0 Å². The first-order valence-corrected chi connectivity index (χ1v) is 22.1. The first-order valence-electron chi connectivity index (χ1n) is 22.1. The summed E-state index contributed by atoms with van der Waals surface area (Å²) >= 11 is 0. The van der Waals surface area contributed by atoms with Crippen LogP contribution in [0.5, 0.6) is 0 Å². The fraction of sp³-hybridized carbons (Fsp3) is 0.955. The Bertz CT molecular complexity index is 707. The average molecular weight is 710 g/mol. The molecule has 0 saturated heterocycles. The molecule has 0 aromatic rings. The van der Waals surface area contributed by atoms with Gasteiger partial charge in [-0.15, -0.1) is 0 Å². The van der Waals surface area contributed by atoms with Gasteiger partial charge in [-0.1, -0.05) is 156 Å². The highest BCUT2D eigenvalue weighted by Gasteiger charge is 2.15. The number of nitrogens with zero attached hydrogens (tertiary/aromatic N) is 1. The van der Waals surface area contributed by atoms with Gasteiger partial charge in [-0.25, -0.2) is 0 Å². The molecule has 0 amide bonds. The van der Waals surface area contributed by atoms with Gasteiger partial charge in [0.1, 0.15) is 0 Å². The maximum atomic E-state index is 12.6. The lowest BCUT2D eigenvalue weighted by Crippen LogP contribution is -2.27. The van der Waals surface area contributed by atoms with Crippen LogP contribution in [-0.4, -0.2) is 61.4 Å². The van der Waals surface area contributed by atoms with E-state index in [1.807, 2.05) is 6.92 Å². The normalized spacial score (nSPS) is 12.2. The molecule has 6 heteroatoms. The van der Waals surface area contributed by atoms with Gasteiger partial charge in [-0.3, -0.25) is 9.59 Å². The fourth-order valence-electron chi connectivity index (χ4n) is 6.98. The van der Waals surface area contributed by atoms with Gasteiger partial charge < -0.3 is 19.5 Å². The molecule has 6 nitrogen and oxygen atoms in total. The summed E-state index contributed by atoms with van der Waals surface area (Å²) in [5.74, 6) is 0.771. The quantitative estimate of drug-likeness (QED) is 0.0504. The highest BCUT2D eigenvalue weighted by atomic mass is 16.5. The zero-order valence-electron chi connectivity index (χ0n) is 34.1. The summed E-state index contributed by atoms with van der Waals surface area (Å²) in [6.45, 7) is 13.6. The Labute approximate surface area is 312 Å². The molecule has 0 rings (SSSR count). The second-order valence-electron chi connectivity index (χ2n) is 15.4. The minimum absolute atomic E-state index is 0.00292. The van der Waals surface area contributed by atoms with E-state index in [-0.39, 0.29) is 24.5 Å². The maximum Gasteiger partial charge on any atom is 0.308 e. The van der Waals surface area contributed by atoms with Gasteiger partial charge in [0.25, 0.3) is 0 Å². The molecule has 1 N–H and O–H groups in total. The molecule has 0 aromatic heterocycles. The van der Waals surface area contributed by atoms with Crippen molar-refractivity contribution < 1.29 is 24.2 Å². The number of carbonyl (C=O) groups is 2. The van der Waals surface area contributed by atoms with E-state index in [1.54, 1.807) is 0 Å². The predicted molar refractivity (Wildman–Crippen MR) is 214 cm³/mol. The van der Waals surface area contributed by atoms with Crippen molar-refractivity contribution in [2.45, 2.75) is 220 Å². The van der Waals surface area contributed by atoms with Crippen molar-refractivity contribution >= 4 is 11.9 Å². The first kappa shape index (κ1) is 48.9. The molecule has 0 spiro atoms. The third kappa shape index (κ3) is 34.0. The number of carbonyl (C=O) groups excluding carboxylic acids is 2. The Kier molecular flexibility index (Phi) is 38.2. The number of hydrogen-bond donors (Lipinski definition) is 1. The Morgan fingerprint density at radius 3 is 1.54 bits per heavy atom. The van der Waals surface area contributed by atoms with E-state index in [0.717, 1.165) is 83.3 Å². The van der Waals surface area contributed by atoms with E-state index in [1.165, 1.54) is 128 Å². The molecule has 1 atom stereocenters. The summed E-state index contributed by atoms with van der Waals surface area (Å²) in [6, 6.07) is 0. The lowest BCUT2D eigenvalue weighted by Gasteiger charge is -2.22. The lowest BCUT2D eigenvalue weighted by atomic mass is 9.91. The van der Waals surface area contributed by atoms with Gasteiger partial charge in [0.2, 0.25) is 0 Å². The molecule has 1 unspecified atom stereocenters. The van der Waals surface area contributed by atoms with Crippen LogP contribution in [0, 0.1) is 11.8 Å². The van der Waals surface area contributed by atoms with Crippen LogP contribution in [0.4, 0.5) is 0 Å². The molecule has 0 aromatic carbocycles. The summed E-state index contributed by atoms with van der Waals surface area (Å²) in [7, 11) is 0. The molecule has 0 saturated carbocycles. The summed E-state index contributed by atoms with van der Waals surface area (Å²) in [5, 5.41) is 9.25. The van der Waals surface area contributed by atoms with Gasteiger partial charge in [0.15, 0.2) is 0 Å². The number of hydrogen-bond acceptors (Lipinski definition) is 6. The molecular weight excluding hydrogens is 622 g/mol. The topological polar surface area (TPSA) is 76.1 Å². The zero-order valence-corrected chi connectivity index (χ0v) is 34.1. The highest BCUT2D eigenvalue weighted by Crippen LogP contribution is 2.23. The molecule has 0 aliphatic carbocycles. The number of unbranched alkanes of at least 4 members (excludes halogenated alkanes) is 18. The molecule has 0 radical (unpaired) electrons. The average Bonchev–Trinajstić information content (AvgIpc) is 3.11. The number of aliphatic hydroxyl groups is 1. The Morgan fingerprint density at radius 1 is 0.500 bits per heavy atom. The van der Waals surface area contributed by atoms with Crippen LogP contribution in [0.15, 0.2) is 0 Å². The standard InChI is InChI=1S/C44H87NO5/c1-5-8-11-12-13-15-23-34-43(47)49-39-28-19-14-17-24-35-45(37-26-27-38-46)36-25-18-16-22-30-41(4)44(48)50-40-29-33-42(31-20-9-6-2)32-21-10-7-3/h41-42,46H,5-40H2,1-4H3. The lowest BCUT2D eigenvalue weighted by molar-refractivity contribution is -0.148. The molecule has 0 aliphatic rings. The van der Waals surface area contributed by atoms with Crippen LogP contribution in [0.2, 0.25) is 0 Å². The van der Waals surface area contributed by atoms with Crippen molar-refractivity contribution in [3.8, 4) is 0 Å². The van der Waals surface area contributed by atoms with Crippen molar-refractivity contribution in [2.24, 2.45) is 11.8 Å². The highest BCUT2D eigenvalue weighted by molar-refractivity contribution is 5.71. The van der Waals surface area contributed by atoms with Crippen molar-refractivity contribution in [1.29, 1.82) is 0 Å². The van der Waals surface area contributed by atoms with E-state index in [2.05, 4.69) is 25.7 Å². The second kappa shape index (κ2) is 39.1. The van der Waals surface area contributed by atoms with Gasteiger partial charge >= 0.3 is 11.9 Å². The smallest absolute Gasteiger partial charge is 0.308 e. The van der Waals surface area contributed by atoms with E-state index >= 15 is 0 Å². The van der Waals surface area contributed by atoms with E-state index in [9.17, 15) is 14.7 Å². The Balaban J connectivity index is 3.98. The third-order valence-corrected chi connectivity index (χ3v) is 10.4. The Hall–Kier alpha value is -1.14. The Morgan fingerprint density at radius 2 is 0.940 bits per heavy atom. The van der Waals surface area contributed by atoms with Crippen LogP contribution >= 0.6 is 0 Å².